The second kappa shape index (κ2) is 6.18. The Labute approximate surface area is 108 Å². The van der Waals surface area contributed by atoms with Crippen molar-refractivity contribution in [3.05, 3.63) is 6.20 Å². The van der Waals surface area contributed by atoms with E-state index in [4.69, 9.17) is 0 Å². The number of carbonyl (C=O) groups is 1. The first-order valence-corrected chi connectivity index (χ1v) is 5.97. The first-order valence-electron chi connectivity index (χ1n) is 5.97. The van der Waals surface area contributed by atoms with E-state index in [1.54, 1.807) is 6.20 Å². The van der Waals surface area contributed by atoms with Crippen LogP contribution in [0.3, 0.4) is 0 Å². The van der Waals surface area contributed by atoms with Gasteiger partial charge in [-0.2, -0.15) is 4.98 Å². The van der Waals surface area contributed by atoms with Crippen LogP contribution in [0.4, 0.5) is 17.5 Å². The lowest BCUT2D eigenvalue weighted by molar-refractivity contribution is -0.116. The van der Waals surface area contributed by atoms with Crippen molar-refractivity contribution in [3.63, 3.8) is 0 Å². The topological polar surface area (TPSA) is 61.4 Å². The van der Waals surface area contributed by atoms with Crippen molar-refractivity contribution in [1.29, 1.82) is 0 Å². The van der Waals surface area contributed by atoms with E-state index in [0.29, 0.717) is 23.9 Å². The normalized spacial score (nSPS) is 10.1. The molecule has 0 unspecified atom stereocenters. The SMILES string of the molecule is CCCC(=O)Nc1cnc(N(C)C)nc1N(C)C. The van der Waals surface area contributed by atoms with Gasteiger partial charge >= 0.3 is 0 Å². The number of hydrogen-bond donors (Lipinski definition) is 1. The lowest BCUT2D eigenvalue weighted by Crippen LogP contribution is -2.20. The number of anilines is 3. The van der Waals surface area contributed by atoms with Crippen LogP contribution in [-0.4, -0.2) is 44.1 Å². The summed E-state index contributed by atoms with van der Waals surface area (Å²) in [6.45, 7) is 1.97. The molecule has 0 aliphatic heterocycles. The Morgan fingerprint density at radius 1 is 1.28 bits per heavy atom. The Hall–Kier alpha value is -1.85. The average Bonchev–Trinajstić information content (AvgIpc) is 2.29. The summed E-state index contributed by atoms with van der Waals surface area (Å²) in [5.41, 5.74) is 0.643. The summed E-state index contributed by atoms with van der Waals surface area (Å²) in [6, 6.07) is 0. The monoisotopic (exact) mass is 251 g/mol. The molecule has 0 saturated heterocycles. The van der Waals surface area contributed by atoms with Crippen molar-refractivity contribution in [3.8, 4) is 0 Å². The first-order chi connectivity index (χ1) is 8.45. The summed E-state index contributed by atoms with van der Waals surface area (Å²) < 4.78 is 0. The first kappa shape index (κ1) is 14.2. The zero-order valence-electron chi connectivity index (χ0n) is 11.7. The lowest BCUT2D eigenvalue weighted by atomic mass is 10.3. The van der Waals surface area contributed by atoms with E-state index < -0.39 is 0 Å². The second-order valence-electron chi connectivity index (χ2n) is 4.49. The molecule has 0 aliphatic carbocycles. The largest absolute Gasteiger partial charge is 0.361 e. The van der Waals surface area contributed by atoms with E-state index in [-0.39, 0.29) is 5.91 Å². The number of amides is 1. The summed E-state index contributed by atoms with van der Waals surface area (Å²) in [5.74, 6) is 1.31. The number of rotatable bonds is 5. The highest BCUT2D eigenvalue weighted by atomic mass is 16.1. The molecular formula is C12H21N5O. The Kier molecular flexibility index (Phi) is 4.88. The molecule has 6 heteroatoms. The zero-order valence-corrected chi connectivity index (χ0v) is 11.7. The summed E-state index contributed by atoms with van der Waals surface area (Å²) in [4.78, 5) is 23.9. The molecule has 0 saturated carbocycles. The number of carbonyl (C=O) groups excluding carboxylic acids is 1. The van der Waals surface area contributed by atoms with Crippen LogP contribution in [0.5, 0.6) is 0 Å². The van der Waals surface area contributed by atoms with E-state index in [0.717, 1.165) is 6.42 Å². The molecule has 1 heterocycles. The fourth-order valence-electron chi connectivity index (χ4n) is 1.45. The molecular weight excluding hydrogens is 230 g/mol. The van der Waals surface area contributed by atoms with Crippen molar-refractivity contribution in [2.75, 3.05) is 43.3 Å². The van der Waals surface area contributed by atoms with Gasteiger partial charge in [-0.15, -0.1) is 0 Å². The summed E-state index contributed by atoms with van der Waals surface area (Å²) >= 11 is 0. The van der Waals surface area contributed by atoms with Gasteiger partial charge in [0.2, 0.25) is 11.9 Å². The minimum Gasteiger partial charge on any atom is -0.361 e. The van der Waals surface area contributed by atoms with Gasteiger partial charge in [0.05, 0.1) is 6.20 Å². The van der Waals surface area contributed by atoms with Gasteiger partial charge in [0.25, 0.3) is 0 Å². The van der Waals surface area contributed by atoms with Crippen molar-refractivity contribution in [2.45, 2.75) is 19.8 Å². The standard InChI is InChI=1S/C12H21N5O/c1-6-7-10(18)14-9-8-13-12(17(4)5)15-11(9)16(2)3/h8H,6-7H2,1-5H3,(H,14,18). The van der Waals surface area contributed by atoms with Gasteiger partial charge < -0.3 is 15.1 Å². The summed E-state index contributed by atoms with van der Waals surface area (Å²) in [7, 11) is 7.53. The zero-order chi connectivity index (χ0) is 13.7. The number of aromatic nitrogens is 2. The van der Waals surface area contributed by atoms with Crippen molar-refractivity contribution in [2.24, 2.45) is 0 Å². The second-order valence-corrected chi connectivity index (χ2v) is 4.49. The molecule has 1 N–H and O–H groups in total. The predicted octanol–water partition coefficient (Wildman–Crippen LogP) is 1.35. The number of hydrogen-bond acceptors (Lipinski definition) is 5. The average molecular weight is 251 g/mol. The molecule has 18 heavy (non-hydrogen) atoms. The Morgan fingerprint density at radius 3 is 2.44 bits per heavy atom. The molecule has 0 fully saturated rings. The van der Waals surface area contributed by atoms with Crippen LogP contribution < -0.4 is 15.1 Å². The van der Waals surface area contributed by atoms with Crippen LogP contribution in [0.1, 0.15) is 19.8 Å². The third kappa shape index (κ3) is 3.58. The lowest BCUT2D eigenvalue weighted by Gasteiger charge is -2.19. The fourth-order valence-corrected chi connectivity index (χ4v) is 1.45. The van der Waals surface area contributed by atoms with Gasteiger partial charge in [-0.1, -0.05) is 6.92 Å². The van der Waals surface area contributed by atoms with Crippen LogP contribution in [-0.2, 0) is 4.79 Å². The molecule has 6 nitrogen and oxygen atoms in total. The maximum Gasteiger partial charge on any atom is 0.226 e. The van der Waals surface area contributed by atoms with Gasteiger partial charge in [0, 0.05) is 34.6 Å². The van der Waals surface area contributed by atoms with E-state index in [1.165, 1.54) is 0 Å². The highest BCUT2D eigenvalue weighted by Gasteiger charge is 2.12. The quantitative estimate of drug-likeness (QED) is 0.856. The highest BCUT2D eigenvalue weighted by Crippen LogP contribution is 2.23. The van der Waals surface area contributed by atoms with Crippen LogP contribution in [0.2, 0.25) is 0 Å². The van der Waals surface area contributed by atoms with Gasteiger partial charge in [0.1, 0.15) is 5.69 Å². The van der Waals surface area contributed by atoms with Crippen molar-refractivity contribution < 1.29 is 4.79 Å². The number of nitrogens with one attached hydrogen (secondary N) is 1. The third-order valence-electron chi connectivity index (χ3n) is 2.33. The summed E-state index contributed by atoms with van der Waals surface area (Å²) in [5, 5.41) is 2.83. The molecule has 0 bridgehead atoms. The maximum absolute atomic E-state index is 11.6. The molecule has 1 aromatic heterocycles. The van der Waals surface area contributed by atoms with Crippen molar-refractivity contribution >= 4 is 23.4 Å². The van der Waals surface area contributed by atoms with Gasteiger partial charge in [-0.25, -0.2) is 4.98 Å². The molecule has 0 aliphatic rings. The fraction of sp³-hybridized carbons (Fsp3) is 0.583. The van der Waals surface area contributed by atoms with E-state index in [1.807, 2.05) is 44.9 Å². The molecule has 0 spiro atoms. The van der Waals surface area contributed by atoms with Crippen LogP contribution in [0.15, 0.2) is 6.20 Å². The van der Waals surface area contributed by atoms with E-state index >= 15 is 0 Å². The van der Waals surface area contributed by atoms with Gasteiger partial charge in [0.15, 0.2) is 5.82 Å². The van der Waals surface area contributed by atoms with E-state index in [9.17, 15) is 4.79 Å². The molecule has 0 atom stereocenters. The smallest absolute Gasteiger partial charge is 0.226 e. The van der Waals surface area contributed by atoms with Crippen molar-refractivity contribution in [1.82, 2.24) is 9.97 Å². The predicted molar refractivity (Wildman–Crippen MR) is 74.2 cm³/mol. The molecule has 0 radical (unpaired) electrons. The molecule has 1 amide bonds. The Bertz CT molecular complexity index is 417. The van der Waals surface area contributed by atoms with Gasteiger partial charge in [-0.3, -0.25) is 4.79 Å². The summed E-state index contributed by atoms with van der Waals surface area (Å²) in [6.07, 6.45) is 2.97. The third-order valence-corrected chi connectivity index (χ3v) is 2.33. The molecule has 100 valence electrons. The molecule has 0 aromatic carbocycles. The molecule has 1 rings (SSSR count). The minimum absolute atomic E-state index is 0.0122. The Balaban J connectivity index is 3.00. The van der Waals surface area contributed by atoms with Crippen LogP contribution in [0.25, 0.3) is 0 Å². The van der Waals surface area contributed by atoms with Gasteiger partial charge in [-0.05, 0) is 6.42 Å². The molecule has 1 aromatic rings. The minimum atomic E-state index is -0.0122. The maximum atomic E-state index is 11.6. The number of nitrogens with zero attached hydrogens (tertiary/aromatic N) is 4. The Morgan fingerprint density at radius 2 is 1.94 bits per heavy atom. The van der Waals surface area contributed by atoms with E-state index in [2.05, 4.69) is 15.3 Å². The van der Waals surface area contributed by atoms with Crippen LogP contribution >= 0.6 is 0 Å². The van der Waals surface area contributed by atoms with Crippen LogP contribution in [0, 0.1) is 0 Å². The highest BCUT2D eigenvalue weighted by molar-refractivity contribution is 5.93.